The molecule has 12 heavy (non-hydrogen) atoms. The first kappa shape index (κ1) is 9.36. The van der Waals surface area contributed by atoms with Crippen molar-refractivity contribution in [1.82, 2.24) is 0 Å². The summed E-state index contributed by atoms with van der Waals surface area (Å²) in [5.74, 6) is 6.15. The molecular formula is C9H12ClNO. The quantitative estimate of drug-likeness (QED) is 0.720. The van der Waals surface area contributed by atoms with E-state index in [0.29, 0.717) is 16.7 Å². The number of nitrogens with two attached hydrogens (primary N) is 1. The molecule has 0 aromatic heterocycles. The zero-order valence-corrected chi connectivity index (χ0v) is 7.93. The molecule has 2 nitrogen and oxygen atoms in total. The summed E-state index contributed by atoms with van der Waals surface area (Å²) in [4.78, 5) is 4.70. The minimum Gasteiger partial charge on any atom is -0.411 e. The van der Waals surface area contributed by atoms with Crippen LogP contribution in [0.15, 0.2) is 18.2 Å². The molecule has 0 amide bonds. The molecule has 0 heterocycles. The van der Waals surface area contributed by atoms with Crippen LogP contribution in [0, 0.1) is 0 Å². The summed E-state index contributed by atoms with van der Waals surface area (Å²) in [6, 6.07) is 5.40. The van der Waals surface area contributed by atoms with Crippen molar-refractivity contribution in [2.24, 2.45) is 5.90 Å². The van der Waals surface area contributed by atoms with Crippen LogP contribution in [0.5, 0.6) is 5.75 Å². The first-order chi connectivity index (χ1) is 5.65. The molecule has 0 spiro atoms. The molecule has 1 aromatic carbocycles. The molecule has 0 atom stereocenters. The molecule has 3 heteroatoms. The second-order valence-corrected chi connectivity index (χ2v) is 3.39. The Bertz CT molecular complexity index is 273. The summed E-state index contributed by atoms with van der Waals surface area (Å²) >= 11 is 5.82. The Morgan fingerprint density at radius 3 is 2.58 bits per heavy atom. The lowest BCUT2D eigenvalue weighted by Crippen LogP contribution is -2.05. The second kappa shape index (κ2) is 3.78. The normalized spacial score (nSPS) is 10.4. The summed E-state index contributed by atoms with van der Waals surface area (Å²) in [5, 5.41) is 0.708. The van der Waals surface area contributed by atoms with E-state index in [9.17, 15) is 0 Å². The van der Waals surface area contributed by atoms with Gasteiger partial charge in [0.05, 0.1) is 0 Å². The fourth-order valence-electron chi connectivity index (χ4n) is 1.08. The van der Waals surface area contributed by atoms with Crippen molar-refractivity contribution < 1.29 is 4.84 Å². The van der Waals surface area contributed by atoms with Crippen molar-refractivity contribution in [2.75, 3.05) is 0 Å². The lowest BCUT2D eigenvalue weighted by molar-refractivity contribution is 0.329. The van der Waals surface area contributed by atoms with Crippen LogP contribution in [-0.4, -0.2) is 0 Å². The maximum Gasteiger partial charge on any atom is 0.150 e. The zero-order chi connectivity index (χ0) is 9.14. The lowest BCUT2D eigenvalue weighted by Gasteiger charge is -2.10. The molecular weight excluding hydrogens is 174 g/mol. The third kappa shape index (κ3) is 1.90. The van der Waals surface area contributed by atoms with Crippen LogP contribution >= 0.6 is 11.6 Å². The first-order valence-corrected chi connectivity index (χ1v) is 4.19. The third-order valence-electron chi connectivity index (χ3n) is 1.72. The van der Waals surface area contributed by atoms with Crippen LogP contribution in [0.4, 0.5) is 0 Å². The van der Waals surface area contributed by atoms with Gasteiger partial charge in [-0.15, -0.1) is 0 Å². The summed E-state index contributed by atoms with van der Waals surface area (Å²) < 4.78 is 0. The largest absolute Gasteiger partial charge is 0.411 e. The van der Waals surface area contributed by atoms with Crippen LogP contribution in [0.3, 0.4) is 0 Å². The van der Waals surface area contributed by atoms with Gasteiger partial charge in [0.15, 0.2) is 0 Å². The molecule has 0 aliphatic heterocycles. The fraction of sp³-hybridized carbons (Fsp3) is 0.333. The highest BCUT2D eigenvalue weighted by Gasteiger charge is 2.07. The van der Waals surface area contributed by atoms with Gasteiger partial charge in [-0.05, 0) is 24.1 Å². The van der Waals surface area contributed by atoms with Gasteiger partial charge in [-0.2, -0.15) is 5.90 Å². The number of benzene rings is 1. The van der Waals surface area contributed by atoms with Crippen LogP contribution in [0.25, 0.3) is 0 Å². The first-order valence-electron chi connectivity index (χ1n) is 3.81. The van der Waals surface area contributed by atoms with Crippen molar-refractivity contribution >= 4 is 11.6 Å². The Morgan fingerprint density at radius 2 is 2.08 bits per heavy atom. The second-order valence-electron chi connectivity index (χ2n) is 2.95. The molecule has 0 saturated heterocycles. The van der Waals surface area contributed by atoms with Crippen molar-refractivity contribution in [2.45, 2.75) is 19.8 Å². The molecule has 0 aliphatic rings. The van der Waals surface area contributed by atoms with Crippen molar-refractivity contribution in [3.8, 4) is 5.75 Å². The Hall–Kier alpha value is -0.730. The highest BCUT2D eigenvalue weighted by atomic mass is 35.5. The summed E-state index contributed by atoms with van der Waals surface area (Å²) in [6.45, 7) is 4.13. The summed E-state index contributed by atoms with van der Waals surface area (Å²) in [7, 11) is 0. The highest BCUT2D eigenvalue weighted by Crippen LogP contribution is 2.28. The number of hydrogen-bond donors (Lipinski definition) is 1. The average molecular weight is 186 g/mol. The Labute approximate surface area is 77.2 Å². The van der Waals surface area contributed by atoms with Crippen LogP contribution in [-0.2, 0) is 0 Å². The van der Waals surface area contributed by atoms with E-state index in [1.165, 1.54) is 0 Å². The SMILES string of the molecule is CC(C)c1cc(Cl)ccc1ON. The lowest BCUT2D eigenvalue weighted by atomic mass is 10.0. The molecule has 0 fully saturated rings. The minimum atomic E-state index is 0.363. The van der Waals surface area contributed by atoms with Crippen molar-refractivity contribution in [1.29, 1.82) is 0 Å². The monoisotopic (exact) mass is 185 g/mol. The van der Waals surface area contributed by atoms with Gasteiger partial charge >= 0.3 is 0 Å². The molecule has 1 aromatic rings. The zero-order valence-electron chi connectivity index (χ0n) is 7.17. The van der Waals surface area contributed by atoms with E-state index in [4.69, 9.17) is 22.3 Å². The van der Waals surface area contributed by atoms with Crippen LogP contribution in [0.1, 0.15) is 25.3 Å². The molecule has 0 saturated carbocycles. The predicted octanol–water partition coefficient (Wildman–Crippen LogP) is 2.72. The Morgan fingerprint density at radius 1 is 1.42 bits per heavy atom. The van der Waals surface area contributed by atoms with Crippen molar-refractivity contribution in [3.63, 3.8) is 0 Å². The van der Waals surface area contributed by atoms with Gasteiger partial charge in [0, 0.05) is 10.6 Å². The average Bonchev–Trinajstić information content (AvgIpc) is 2.04. The predicted molar refractivity (Wildman–Crippen MR) is 50.4 cm³/mol. The maximum atomic E-state index is 5.82. The van der Waals surface area contributed by atoms with E-state index in [1.807, 2.05) is 6.07 Å². The van der Waals surface area contributed by atoms with Crippen LogP contribution < -0.4 is 10.7 Å². The molecule has 0 aliphatic carbocycles. The highest BCUT2D eigenvalue weighted by molar-refractivity contribution is 6.30. The number of rotatable bonds is 2. The van der Waals surface area contributed by atoms with Gasteiger partial charge in [0.1, 0.15) is 5.75 Å². The van der Waals surface area contributed by atoms with Gasteiger partial charge in [0.2, 0.25) is 0 Å². The van der Waals surface area contributed by atoms with Crippen molar-refractivity contribution in [3.05, 3.63) is 28.8 Å². The Balaban J connectivity index is 3.12. The summed E-state index contributed by atoms with van der Waals surface area (Å²) in [6.07, 6.45) is 0. The smallest absolute Gasteiger partial charge is 0.150 e. The van der Waals surface area contributed by atoms with E-state index in [-0.39, 0.29) is 0 Å². The van der Waals surface area contributed by atoms with E-state index < -0.39 is 0 Å². The van der Waals surface area contributed by atoms with Crippen LogP contribution in [0.2, 0.25) is 5.02 Å². The Kier molecular flexibility index (Phi) is 2.95. The van der Waals surface area contributed by atoms with Gasteiger partial charge < -0.3 is 4.84 Å². The minimum absolute atomic E-state index is 0.363. The standard InChI is InChI=1S/C9H12ClNO/c1-6(2)8-5-7(10)3-4-9(8)12-11/h3-6H,11H2,1-2H3. The van der Waals surface area contributed by atoms with E-state index >= 15 is 0 Å². The molecule has 0 radical (unpaired) electrons. The molecule has 2 N–H and O–H groups in total. The van der Waals surface area contributed by atoms with Gasteiger partial charge in [-0.3, -0.25) is 0 Å². The van der Waals surface area contributed by atoms with E-state index in [2.05, 4.69) is 13.8 Å². The van der Waals surface area contributed by atoms with E-state index in [1.54, 1.807) is 12.1 Å². The van der Waals surface area contributed by atoms with Gasteiger partial charge in [-0.1, -0.05) is 25.4 Å². The van der Waals surface area contributed by atoms with E-state index in [0.717, 1.165) is 5.56 Å². The van der Waals surface area contributed by atoms with Gasteiger partial charge in [-0.25, -0.2) is 0 Å². The number of hydrogen-bond acceptors (Lipinski definition) is 2. The molecule has 0 bridgehead atoms. The third-order valence-corrected chi connectivity index (χ3v) is 1.96. The summed E-state index contributed by atoms with van der Waals surface area (Å²) in [5.41, 5.74) is 1.03. The molecule has 66 valence electrons. The fourth-order valence-corrected chi connectivity index (χ4v) is 1.26. The maximum absolute atomic E-state index is 5.82. The van der Waals surface area contributed by atoms with Gasteiger partial charge in [0.25, 0.3) is 0 Å². The molecule has 0 unspecified atom stereocenters. The molecule has 1 rings (SSSR count). The topological polar surface area (TPSA) is 35.2 Å². The number of halogens is 1.